The molecule has 0 spiro atoms. The van der Waals surface area contributed by atoms with E-state index in [-0.39, 0.29) is 5.82 Å². The van der Waals surface area contributed by atoms with Gasteiger partial charge in [0.2, 0.25) is 0 Å². The first-order valence-electron chi connectivity index (χ1n) is 2.96. The van der Waals surface area contributed by atoms with Gasteiger partial charge in [-0.2, -0.15) is 0 Å². The minimum absolute atomic E-state index is 0.326. The van der Waals surface area contributed by atoms with Crippen LogP contribution in [0.5, 0.6) is 0 Å². The van der Waals surface area contributed by atoms with Crippen LogP contribution in [0.2, 0.25) is 0 Å². The molecule has 0 saturated carbocycles. The highest BCUT2D eigenvalue weighted by molar-refractivity contribution is 9.10. The van der Waals surface area contributed by atoms with Crippen molar-refractivity contribution in [2.45, 2.75) is 0 Å². The zero-order chi connectivity index (χ0) is 7.84. The quantitative estimate of drug-likeness (QED) is 0.676. The van der Waals surface area contributed by atoms with Crippen molar-refractivity contribution in [3.05, 3.63) is 28.8 Å². The van der Waals surface area contributed by atoms with E-state index in [1.165, 1.54) is 12.5 Å². The molecule has 0 atom stereocenters. The van der Waals surface area contributed by atoms with E-state index in [1.807, 2.05) is 0 Å². The van der Waals surface area contributed by atoms with E-state index in [1.54, 1.807) is 6.07 Å². The van der Waals surface area contributed by atoms with E-state index >= 15 is 0 Å². The summed E-state index contributed by atoms with van der Waals surface area (Å²) < 4.78 is 18.0. The second-order valence-corrected chi connectivity index (χ2v) is 2.85. The van der Waals surface area contributed by atoms with Crippen LogP contribution in [0.1, 0.15) is 0 Å². The van der Waals surface area contributed by atoms with Gasteiger partial charge in [0.25, 0.3) is 0 Å². The molecule has 2 aromatic rings. The van der Waals surface area contributed by atoms with Gasteiger partial charge < -0.3 is 4.42 Å². The lowest BCUT2D eigenvalue weighted by molar-refractivity contribution is 0.585. The van der Waals surface area contributed by atoms with Crippen LogP contribution in [-0.4, -0.2) is 4.98 Å². The van der Waals surface area contributed by atoms with Crippen molar-refractivity contribution in [3.8, 4) is 0 Å². The highest BCUT2D eigenvalue weighted by atomic mass is 79.9. The summed E-state index contributed by atoms with van der Waals surface area (Å²) in [7, 11) is 0. The Hall–Kier alpha value is -0.900. The maximum Gasteiger partial charge on any atom is 0.182 e. The number of hydrogen-bond acceptors (Lipinski definition) is 2. The van der Waals surface area contributed by atoms with Crippen molar-refractivity contribution < 1.29 is 8.81 Å². The van der Waals surface area contributed by atoms with Crippen molar-refractivity contribution in [2.24, 2.45) is 0 Å². The molecule has 1 heterocycles. The van der Waals surface area contributed by atoms with E-state index < -0.39 is 0 Å². The normalized spacial score (nSPS) is 10.7. The second kappa shape index (κ2) is 2.30. The Kier molecular flexibility index (Phi) is 1.42. The van der Waals surface area contributed by atoms with Crippen molar-refractivity contribution >= 4 is 27.0 Å². The molecule has 0 unspecified atom stereocenters. The van der Waals surface area contributed by atoms with E-state index in [9.17, 15) is 4.39 Å². The number of nitrogens with zero attached hydrogens (tertiary/aromatic N) is 1. The molecule has 0 saturated heterocycles. The first-order chi connectivity index (χ1) is 5.29. The summed E-state index contributed by atoms with van der Waals surface area (Å²) in [4.78, 5) is 3.86. The lowest BCUT2D eigenvalue weighted by Crippen LogP contribution is -1.76. The SMILES string of the molecule is Fc1ccc2ncoc2c1Br. The highest BCUT2D eigenvalue weighted by Crippen LogP contribution is 2.25. The minimum Gasteiger partial charge on any atom is -0.442 e. The van der Waals surface area contributed by atoms with E-state index in [4.69, 9.17) is 4.42 Å². The monoisotopic (exact) mass is 215 g/mol. The average Bonchev–Trinajstić information content (AvgIpc) is 2.45. The standard InChI is InChI=1S/C7H3BrFNO/c8-6-4(9)1-2-5-7(6)11-3-10-5/h1-3H. The first-order valence-corrected chi connectivity index (χ1v) is 3.75. The van der Waals surface area contributed by atoms with Crippen LogP contribution in [0.25, 0.3) is 11.1 Å². The van der Waals surface area contributed by atoms with Gasteiger partial charge in [0, 0.05) is 0 Å². The number of aromatic nitrogens is 1. The molecule has 1 aromatic heterocycles. The summed E-state index contributed by atoms with van der Waals surface area (Å²) in [6.45, 7) is 0. The molecule has 11 heavy (non-hydrogen) atoms. The zero-order valence-electron chi connectivity index (χ0n) is 5.34. The molecule has 56 valence electrons. The fraction of sp³-hybridized carbons (Fsp3) is 0. The molecule has 0 radical (unpaired) electrons. The molecule has 0 aliphatic heterocycles. The number of fused-ring (bicyclic) bond motifs is 1. The Morgan fingerprint density at radius 2 is 2.27 bits per heavy atom. The fourth-order valence-corrected chi connectivity index (χ4v) is 1.30. The summed E-state index contributed by atoms with van der Waals surface area (Å²) in [5, 5.41) is 0. The summed E-state index contributed by atoms with van der Waals surface area (Å²) in [6.07, 6.45) is 1.29. The number of hydrogen-bond donors (Lipinski definition) is 0. The van der Waals surface area contributed by atoms with E-state index in [0.717, 1.165) is 0 Å². The molecule has 0 fully saturated rings. The van der Waals surface area contributed by atoms with Crippen LogP contribution < -0.4 is 0 Å². The van der Waals surface area contributed by atoms with Gasteiger partial charge in [0.1, 0.15) is 11.3 Å². The molecular weight excluding hydrogens is 213 g/mol. The highest BCUT2D eigenvalue weighted by Gasteiger charge is 2.07. The van der Waals surface area contributed by atoms with Gasteiger partial charge in [-0.3, -0.25) is 0 Å². The molecule has 2 nitrogen and oxygen atoms in total. The van der Waals surface area contributed by atoms with Crippen molar-refractivity contribution in [1.82, 2.24) is 4.98 Å². The summed E-state index contributed by atoms with van der Waals surface area (Å²) >= 11 is 3.05. The van der Waals surface area contributed by atoms with Gasteiger partial charge in [-0.25, -0.2) is 9.37 Å². The Morgan fingerprint density at radius 1 is 1.45 bits per heavy atom. The molecule has 0 bridgehead atoms. The van der Waals surface area contributed by atoms with Crippen LogP contribution in [0.4, 0.5) is 4.39 Å². The van der Waals surface area contributed by atoms with Gasteiger partial charge >= 0.3 is 0 Å². The fourth-order valence-electron chi connectivity index (χ4n) is 0.871. The smallest absolute Gasteiger partial charge is 0.182 e. The number of rotatable bonds is 0. The minimum atomic E-state index is -0.339. The predicted molar refractivity (Wildman–Crippen MR) is 41.7 cm³/mol. The second-order valence-electron chi connectivity index (χ2n) is 2.06. The molecule has 0 aliphatic carbocycles. The van der Waals surface area contributed by atoms with Crippen molar-refractivity contribution in [3.63, 3.8) is 0 Å². The summed E-state index contributed by atoms with van der Waals surface area (Å²) in [6, 6.07) is 2.91. The Morgan fingerprint density at radius 3 is 3.09 bits per heavy atom. The zero-order valence-corrected chi connectivity index (χ0v) is 6.93. The van der Waals surface area contributed by atoms with E-state index in [0.29, 0.717) is 15.6 Å². The van der Waals surface area contributed by atoms with Crippen LogP contribution in [0, 0.1) is 5.82 Å². The Bertz CT molecular complexity index is 398. The third-order valence-corrected chi connectivity index (χ3v) is 2.13. The molecule has 0 amide bonds. The van der Waals surface area contributed by atoms with Crippen LogP contribution >= 0.6 is 15.9 Å². The Balaban J connectivity index is 2.93. The van der Waals surface area contributed by atoms with Gasteiger partial charge in [0.15, 0.2) is 12.0 Å². The van der Waals surface area contributed by atoms with E-state index in [2.05, 4.69) is 20.9 Å². The Labute approximate surface area is 70.2 Å². The molecule has 0 aliphatic rings. The lowest BCUT2D eigenvalue weighted by atomic mass is 10.3. The predicted octanol–water partition coefficient (Wildman–Crippen LogP) is 2.73. The van der Waals surface area contributed by atoms with Gasteiger partial charge in [-0.05, 0) is 28.1 Å². The summed E-state index contributed by atoms with van der Waals surface area (Å²) in [5.74, 6) is -0.339. The molecule has 2 rings (SSSR count). The largest absolute Gasteiger partial charge is 0.442 e. The topological polar surface area (TPSA) is 26.0 Å². The number of benzene rings is 1. The van der Waals surface area contributed by atoms with Gasteiger partial charge in [0.05, 0.1) is 4.47 Å². The molecule has 1 aromatic carbocycles. The number of halogens is 2. The molecule has 4 heteroatoms. The number of oxazole rings is 1. The third kappa shape index (κ3) is 0.939. The maximum atomic E-state index is 12.8. The average molecular weight is 216 g/mol. The van der Waals surface area contributed by atoms with Gasteiger partial charge in [-0.1, -0.05) is 0 Å². The summed E-state index contributed by atoms with van der Waals surface area (Å²) in [5.41, 5.74) is 1.10. The third-order valence-electron chi connectivity index (χ3n) is 1.39. The maximum absolute atomic E-state index is 12.8. The van der Waals surface area contributed by atoms with Crippen molar-refractivity contribution in [2.75, 3.05) is 0 Å². The van der Waals surface area contributed by atoms with Crippen molar-refractivity contribution in [1.29, 1.82) is 0 Å². The van der Waals surface area contributed by atoms with Crippen LogP contribution in [-0.2, 0) is 0 Å². The van der Waals surface area contributed by atoms with Gasteiger partial charge in [-0.15, -0.1) is 0 Å². The molecular formula is C7H3BrFNO. The van der Waals surface area contributed by atoms with Crippen LogP contribution in [0.3, 0.4) is 0 Å². The first kappa shape index (κ1) is 6.79. The lowest BCUT2D eigenvalue weighted by Gasteiger charge is -1.91. The van der Waals surface area contributed by atoms with Crippen LogP contribution in [0.15, 0.2) is 27.4 Å². The molecule has 0 N–H and O–H groups in total.